The molecular formula is C20H29NO. The second kappa shape index (κ2) is 8.30. The zero-order chi connectivity index (χ0) is 15.9. The van der Waals surface area contributed by atoms with E-state index in [-0.39, 0.29) is 6.61 Å². The van der Waals surface area contributed by atoms with Crippen molar-refractivity contribution in [1.29, 1.82) is 0 Å². The van der Waals surface area contributed by atoms with Gasteiger partial charge in [-0.05, 0) is 56.4 Å². The van der Waals surface area contributed by atoms with Crippen LogP contribution < -0.4 is 0 Å². The lowest BCUT2D eigenvalue weighted by atomic mass is 9.88. The molecule has 22 heavy (non-hydrogen) atoms. The zero-order valence-corrected chi connectivity index (χ0v) is 14.2. The van der Waals surface area contributed by atoms with Gasteiger partial charge in [0.15, 0.2) is 0 Å². The Balaban J connectivity index is 0.000000164. The normalized spacial score (nSPS) is 18.3. The van der Waals surface area contributed by atoms with E-state index in [9.17, 15) is 0 Å². The van der Waals surface area contributed by atoms with Gasteiger partial charge in [0, 0.05) is 13.1 Å². The number of hydrogen-bond donors (Lipinski definition) is 1. The fraction of sp³-hybridized carbons (Fsp3) is 0.500. The molecule has 0 bridgehead atoms. The first-order chi connectivity index (χ1) is 10.6. The number of aliphatic hydroxyl groups excluding tert-OH is 1. The molecule has 0 amide bonds. The average molecular weight is 299 g/mol. The Labute approximate surface area is 135 Å². The first kappa shape index (κ1) is 17.0. The molecular weight excluding hydrogens is 270 g/mol. The van der Waals surface area contributed by atoms with E-state index in [0.29, 0.717) is 0 Å². The van der Waals surface area contributed by atoms with Crippen molar-refractivity contribution in [2.45, 2.75) is 40.0 Å². The molecule has 120 valence electrons. The lowest BCUT2D eigenvalue weighted by Crippen LogP contribution is -2.30. The molecule has 0 radical (unpaired) electrons. The van der Waals surface area contributed by atoms with Crippen molar-refractivity contribution in [1.82, 2.24) is 4.90 Å². The maximum Gasteiger partial charge on any atom is 0.0654 e. The molecule has 1 aliphatic heterocycles. The minimum Gasteiger partial charge on any atom is -0.392 e. The molecule has 0 unspecified atom stereocenters. The number of aliphatic hydroxyl groups is 1. The Hall–Kier alpha value is -1.38. The molecule has 0 spiro atoms. The fourth-order valence-electron chi connectivity index (χ4n) is 3.04. The van der Waals surface area contributed by atoms with Crippen molar-refractivity contribution in [2.24, 2.45) is 0 Å². The van der Waals surface area contributed by atoms with Crippen LogP contribution in [0.2, 0.25) is 0 Å². The van der Waals surface area contributed by atoms with Crippen LogP contribution in [0.3, 0.4) is 0 Å². The molecule has 1 aliphatic carbocycles. The lowest BCUT2D eigenvalue weighted by Gasteiger charge is -2.24. The van der Waals surface area contributed by atoms with Crippen LogP contribution in [-0.4, -0.2) is 36.2 Å². The van der Waals surface area contributed by atoms with E-state index >= 15 is 0 Å². The van der Waals surface area contributed by atoms with E-state index in [1.165, 1.54) is 16.7 Å². The predicted molar refractivity (Wildman–Crippen MR) is 94.1 cm³/mol. The predicted octanol–water partition coefficient (Wildman–Crippen LogP) is 3.75. The third-order valence-electron chi connectivity index (χ3n) is 4.71. The van der Waals surface area contributed by atoms with Crippen LogP contribution in [0.25, 0.3) is 0 Å². The Morgan fingerprint density at radius 1 is 1.05 bits per heavy atom. The molecule has 0 fully saturated rings. The molecule has 1 heterocycles. The summed E-state index contributed by atoms with van der Waals surface area (Å²) in [5.41, 5.74) is 7.30. The maximum atomic E-state index is 8.81. The summed E-state index contributed by atoms with van der Waals surface area (Å²) in [5.74, 6) is 0. The molecule has 1 aromatic carbocycles. The van der Waals surface area contributed by atoms with E-state index in [1.54, 1.807) is 11.1 Å². The van der Waals surface area contributed by atoms with Crippen LogP contribution in [0, 0.1) is 0 Å². The standard InChI is InChI=1S/C12H14.C8H15NO/c1-9-7-11-5-3-4-6-12(11)8-10(9)2;1-2-9-5-3-4-8(6-9)7-10/h3-6H,7-8H2,1-2H3;4,10H,2-3,5-7H2,1H3. The van der Waals surface area contributed by atoms with Gasteiger partial charge in [-0.2, -0.15) is 0 Å². The highest BCUT2D eigenvalue weighted by molar-refractivity contribution is 5.39. The van der Waals surface area contributed by atoms with Gasteiger partial charge in [0.05, 0.1) is 6.61 Å². The Morgan fingerprint density at radius 3 is 2.14 bits per heavy atom. The molecule has 0 saturated carbocycles. The van der Waals surface area contributed by atoms with Gasteiger partial charge >= 0.3 is 0 Å². The first-order valence-electron chi connectivity index (χ1n) is 8.37. The molecule has 2 nitrogen and oxygen atoms in total. The monoisotopic (exact) mass is 299 g/mol. The van der Waals surface area contributed by atoms with Crippen LogP contribution in [-0.2, 0) is 12.8 Å². The Kier molecular flexibility index (Phi) is 6.41. The number of allylic oxidation sites excluding steroid dienone is 2. The highest BCUT2D eigenvalue weighted by Gasteiger charge is 2.11. The van der Waals surface area contributed by atoms with Crippen molar-refractivity contribution in [2.75, 3.05) is 26.2 Å². The van der Waals surface area contributed by atoms with E-state index in [1.807, 2.05) is 0 Å². The van der Waals surface area contributed by atoms with Gasteiger partial charge in [-0.1, -0.05) is 48.4 Å². The third kappa shape index (κ3) is 4.56. The minimum absolute atomic E-state index is 0.233. The Morgan fingerprint density at radius 2 is 1.64 bits per heavy atom. The minimum atomic E-state index is 0.233. The van der Waals surface area contributed by atoms with Crippen molar-refractivity contribution in [3.63, 3.8) is 0 Å². The molecule has 0 aromatic heterocycles. The summed E-state index contributed by atoms with van der Waals surface area (Å²) in [5, 5.41) is 8.81. The Bertz CT molecular complexity index is 524. The molecule has 0 saturated heterocycles. The van der Waals surface area contributed by atoms with Crippen LogP contribution in [0.15, 0.2) is 47.1 Å². The molecule has 3 rings (SSSR count). The second-order valence-electron chi connectivity index (χ2n) is 6.36. The number of likely N-dealkylation sites (N-methyl/N-ethyl adjacent to an activating group) is 1. The average Bonchev–Trinajstić information content (AvgIpc) is 2.56. The summed E-state index contributed by atoms with van der Waals surface area (Å²) in [4.78, 5) is 2.34. The summed E-state index contributed by atoms with van der Waals surface area (Å²) in [6.07, 6.45) is 5.56. The largest absolute Gasteiger partial charge is 0.392 e. The van der Waals surface area contributed by atoms with Gasteiger partial charge in [-0.3, -0.25) is 4.90 Å². The van der Waals surface area contributed by atoms with E-state index in [0.717, 1.165) is 38.9 Å². The number of fused-ring (bicyclic) bond motifs is 1. The highest BCUT2D eigenvalue weighted by atomic mass is 16.3. The van der Waals surface area contributed by atoms with Gasteiger partial charge < -0.3 is 5.11 Å². The molecule has 0 atom stereocenters. The number of hydrogen-bond acceptors (Lipinski definition) is 2. The number of rotatable bonds is 2. The first-order valence-corrected chi connectivity index (χ1v) is 8.37. The van der Waals surface area contributed by atoms with Crippen molar-refractivity contribution in [3.8, 4) is 0 Å². The summed E-state index contributed by atoms with van der Waals surface area (Å²) in [6.45, 7) is 10.1. The highest BCUT2D eigenvalue weighted by Crippen LogP contribution is 2.24. The maximum absolute atomic E-state index is 8.81. The van der Waals surface area contributed by atoms with Crippen LogP contribution >= 0.6 is 0 Å². The third-order valence-corrected chi connectivity index (χ3v) is 4.71. The summed E-state index contributed by atoms with van der Waals surface area (Å²) >= 11 is 0. The smallest absolute Gasteiger partial charge is 0.0654 e. The fourth-order valence-corrected chi connectivity index (χ4v) is 3.04. The summed E-state index contributed by atoms with van der Waals surface area (Å²) in [6, 6.07) is 8.75. The van der Waals surface area contributed by atoms with Crippen molar-refractivity contribution in [3.05, 3.63) is 58.2 Å². The van der Waals surface area contributed by atoms with Crippen LogP contribution in [0.4, 0.5) is 0 Å². The topological polar surface area (TPSA) is 23.5 Å². The zero-order valence-electron chi connectivity index (χ0n) is 14.2. The number of benzene rings is 1. The van der Waals surface area contributed by atoms with Gasteiger partial charge in [0.25, 0.3) is 0 Å². The van der Waals surface area contributed by atoms with Crippen molar-refractivity contribution < 1.29 is 5.11 Å². The van der Waals surface area contributed by atoms with E-state index in [2.05, 4.69) is 56.0 Å². The summed E-state index contributed by atoms with van der Waals surface area (Å²) < 4.78 is 0. The van der Waals surface area contributed by atoms with Gasteiger partial charge in [-0.25, -0.2) is 0 Å². The molecule has 2 aliphatic rings. The summed E-state index contributed by atoms with van der Waals surface area (Å²) in [7, 11) is 0. The molecule has 2 heteroatoms. The lowest BCUT2D eigenvalue weighted by molar-refractivity contribution is 0.267. The van der Waals surface area contributed by atoms with Crippen LogP contribution in [0.1, 0.15) is 38.3 Å². The SMILES string of the molecule is CC1=C(C)Cc2ccccc2C1.CCN1CCC=C(CO)C1. The van der Waals surface area contributed by atoms with E-state index < -0.39 is 0 Å². The van der Waals surface area contributed by atoms with Gasteiger partial charge in [0.1, 0.15) is 0 Å². The quantitative estimate of drug-likeness (QED) is 0.841. The number of nitrogens with zero attached hydrogens (tertiary/aromatic N) is 1. The molecule has 1 N–H and O–H groups in total. The van der Waals surface area contributed by atoms with Crippen molar-refractivity contribution >= 4 is 0 Å². The second-order valence-corrected chi connectivity index (χ2v) is 6.36. The van der Waals surface area contributed by atoms with E-state index in [4.69, 9.17) is 5.11 Å². The molecule has 1 aromatic rings. The van der Waals surface area contributed by atoms with Crippen LogP contribution in [0.5, 0.6) is 0 Å². The van der Waals surface area contributed by atoms with Gasteiger partial charge in [-0.15, -0.1) is 0 Å². The van der Waals surface area contributed by atoms with Gasteiger partial charge in [0.2, 0.25) is 0 Å².